The first-order chi connectivity index (χ1) is 21.6. The second-order valence-corrected chi connectivity index (χ2v) is 11.7. The summed E-state index contributed by atoms with van der Waals surface area (Å²) in [6, 6.07) is 17.4. The molecule has 0 aromatic heterocycles. The van der Waals surface area contributed by atoms with Crippen LogP contribution in [0.5, 0.6) is 0 Å². The van der Waals surface area contributed by atoms with Crippen LogP contribution in [-0.4, -0.2) is 146 Å². The number of hydrogen-bond donors (Lipinski definition) is 7. The number of likely N-dealkylation sites (tertiary alicyclic amines) is 1. The SMILES string of the molecule is O=C(O)N1CC[C@@H](N(C[C@H](O)[C@@H](O)[C@@H]2OC(c3ccccc3)OC[C@H]2O)C[C@H](O)[C@@H](O)[C@@H]2OC(c3ccccc3)OC[C@H]2O)C1. The molecule has 3 saturated heterocycles. The molecule has 14 nitrogen and oxygen atoms in total. The molecular weight excluding hydrogens is 592 g/mol. The van der Waals surface area contributed by atoms with Gasteiger partial charge in [0.1, 0.15) is 36.6 Å². The molecule has 248 valence electrons. The zero-order valence-electron chi connectivity index (χ0n) is 24.6. The number of nitrogens with zero attached hydrogens (tertiary/aromatic N) is 2. The Hall–Kier alpha value is -2.73. The Balaban J connectivity index is 1.27. The van der Waals surface area contributed by atoms with Gasteiger partial charge in [0.15, 0.2) is 12.6 Å². The Kier molecular flexibility index (Phi) is 11.4. The maximum atomic E-state index is 11.6. The van der Waals surface area contributed by atoms with E-state index in [1.807, 2.05) is 12.1 Å². The van der Waals surface area contributed by atoms with Gasteiger partial charge < -0.3 is 59.6 Å². The molecule has 0 aliphatic carbocycles. The lowest BCUT2D eigenvalue weighted by Gasteiger charge is -2.41. The van der Waals surface area contributed by atoms with Gasteiger partial charge in [0, 0.05) is 43.3 Å². The highest BCUT2D eigenvalue weighted by Crippen LogP contribution is 2.31. The van der Waals surface area contributed by atoms with Gasteiger partial charge in [0.05, 0.1) is 25.4 Å². The van der Waals surface area contributed by atoms with Crippen molar-refractivity contribution in [2.75, 3.05) is 39.4 Å². The number of aliphatic hydroxyl groups is 6. The van der Waals surface area contributed by atoms with Crippen LogP contribution in [0.4, 0.5) is 4.79 Å². The number of amides is 1. The standard InChI is InChI=1S/C31H42N2O12/c34-21(25(38)27-23(36)16-42-29(44-27)18-7-3-1-4-8-18)14-33(20-11-12-32(13-20)31(40)41)15-22(35)26(39)28-24(37)17-43-30(45-28)19-9-5-2-6-10-19/h1-10,20-30,34-39H,11-17H2,(H,40,41)/t20-,21+,22+,23-,24-,25-,26-,27-,28-,29?,30?/m1/s1. The van der Waals surface area contributed by atoms with Crippen molar-refractivity contribution in [3.8, 4) is 0 Å². The van der Waals surface area contributed by atoms with E-state index in [1.165, 1.54) is 4.90 Å². The van der Waals surface area contributed by atoms with Crippen molar-refractivity contribution < 1.29 is 59.5 Å². The maximum Gasteiger partial charge on any atom is 0.407 e. The molecule has 0 bridgehead atoms. The average molecular weight is 635 g/mol. The highest BCUT2D eigenvalue weighted by Gasteiger charge is 2.43. The van der Waals surface area contributed by atoms with E-state index in [1.54, 1.807) is 53.4 Å². The van der Waals surface area contributed by atoms with Crippen LogP contribution in [0, 0.1) is 0 Å². The summed E-state index contributed by atoms with van der Waals surface area (Å²) in [5.41, 5.74) is 1.34. The van der Waals surface area contributed by atoms with Gasteiger partial charge in [-0.1, -0.05) is 60.7 Å². The number of carbonyl (C=O) groups is 1. The Labute approximate surface area is 260 Å². The van der Waals surface area contributed by atoms with Gasteiger partial charge in [-0.05, 0) is 6.42 Å². The van der Waals surface area contributed by atoms with Crippen molar-refractivity contribution in [2.45, 2.75) is 73.9 Å². The van der Waals surface area contributed by atoms with Gasteiger partial charge in [-0.3, -0.25) is 4.90 Å². The van der Waals surface area contributed by atoms with E-state index in [0.717, 1.165) is 0 Å². The van der Waals surface area contributed by atoms with E-state index in [9.17, 15) is 40.5 Å². The third kappa shape index (κ3) is 8.17. The molecule has 3 heterocycles. The van der Waals surface area contributed by atoms with E-state index < -0.39 is 73.5 Å². The predicted molar refractivity (Wildman–Crippen MR) is 156 cm³/mol. The lowest BCUT2D eigenvalue weighted by molar-refractivity contribution is -0.285. The Morgan fingerprint density at radius 1 is 0.778 bits per heavy atom. The van der Waals surface area contributed by atoms with Crippen LogP contribution >= 0.6 is 0 Å². The van der Waals surface area contributed by atoms with Gasteiger partial charge in [-0.2, -0.15) is 0 Å². The molecule has 2 aromatic carbocycles. The highest BCUT2D eigenvalue weighted by atomic mass is 16.7. The molecule has 7 N–H and O–H groups in total. The minimum absolute atomic E-state index is 0.0694. The second-order valence-electron chi connectivity index (χ2n) is 11.7. The maximum absolute atomic E-state index is 11.6. The smallest absolute Gasteiger partial charge is 0.407 e. The number of ether oxygens (including phenoxy) is 4. The predicted octanol–water partition coefficient (Wildman–Crippen LogP) is -0.565. The van der Waals surface area contributed by atoms with Crippen molar-refractivity contribution in [2.24, 2.45) is 0 Å². The first kappa shape index (κ1) is 33.6. The third-order valence-electron chi connectivity index (χ3n) is 8.56. The van der Waals surface area contributed by atoms with Crippen LogP contribution in [0.1, 0.15) is 30.1 Å². The van der Waals surface area contributed by atoms with Crippen molar-refractivity contribution in [3.63, 3.8) is 0 Å². The van der Waals surface area contributed by atoms with Gasteiger partial charge >= 0.3 is 6.09 Å². The quantitative estimate of drug-likeness (QED) is 0.166. The monoisotopic (exact) mass is 634 g/mol. The molecule has 0 radical (unpaired) electrons. The van der Waals surface area contributed by atoms with E-state index in [0.29, 0.717) is 17.5 Å². The van der Waals surface area contributed by atoms with Crippen LogP contribution in [0.3, 0.4) is 0 Å². The lowest BCUT2D eigenvalue weighted by Crippen LogP contribution is -2.57. The van der Waals surface area contributed by atoms with E-state index in [2.05, 4.69) is 0 Å². The minimum atomic E-state index is -1.58. The van der Waals surface area contributed by atoms with Crippen molar-refractivity contribution in [1.29, 1.82) is 0 Å². The lowest BCUT2D eigenvalue weighted by atomic mass is 9.98. The van der Waals surface area contributed by atoms with Gasteiger partial charge in [0.25, 0.3) is 0 Å². The summed E-state index contributed by atoms with van der Waals surface area (Å²) in [6.45, 7) is -0.506. The summed E-state index contributed by atoms with van der Waals surface area (Å²) in [7, 11) is 0. The molecule has 3 aliphatic heterocycles. The van der Waals surface area contributed by atoms with Crippen LogP contribution in [0.2, 0.25) is 0 Å². The Morgan fingerprint density at radius 3 is 1.62 bits per heavy atom. The van der Waals surface area contributed by atoms with Gasteiger partial charge in [-0.15, -0.1) is 0 Å². The van der Waals surface area contributed by atoms with Crippen molar-refractivity contribution >= 4 is 6.09 Å². The summed E-state index contributed by atoms with van der Waals surface area (Å²) >= 11 is 0. The fourth-order valence-electron chi connectivity index (χ4n) is 6.01. The molecule has 3 fully saturated rings. The molecule has 1 amide bonds. The van der Waals surface area contributed by atoms with E-state index >= 15 is 0 Å². The number of benzene rings is 2. The number of aliphatic hydroxyl groups excluding tert-OH is 6. The molecule has 11 atom stereocenters. The summed E-state index contributed by atoms with van der Waals surface area (Å²) in [6.07, 6.45) is -13.6. The van der Waals surface area contributed by atoms with Crippen LogP contribution < -0.4 is 0 Å². The zero-order valence-corrected chi connectivity index (χ0v) is 24.6. The molecule has 0 spiro atoms. The third-order valence-corrected chi connectivity index (χ3v) is 8.56. The first-order valence-electron chi connectivity index (χ1n) is 15.1. The van der Waals surface area contributed by atoms with Crippen molar-refractivity contribution in [3.05, 3.63) is 71.8 Å². The molecule has 5 rings (SSSR count). The summed E-state index contributed by atoms with van der Waals surface area (Å²) in [5, 5.41) is 75.2. The van der Waals surface area contributed by atoms with Crippen LogP contribution in [-0.2, 0) is 18.9 Å². The molecule has 3 aliphatic rings. The molecule has 14 heteroatoms. The fraction of sp³-hybridized carbons (Fsp3) is 0.581. The fourth-order valence-corrected chi connectivity index (χ4v) is 6.01. The van der Waals surface area contributed by atoms with Gasteiger partial charge in [-0.25, -0.2) is 4.79 Å². The van der Waals surface area contributed by atoms with Crippen molar-refractivity contribution in [1.82, 2.24) is 9.80 Å². The minimum Gasteiger partial charge on any atom is -0.465 e. The summed E-state index contributed by atoms with van der Waals surface area (Å²) in [4.78, 5) is 14.4. The Bertz CT molecular complexity index is 1130. The largest absolute Gasteiger partial charge is 0.465 e. The second kappa shape index (κ2) is 15.2. The number of hydrogen-bond acceptors (Lipinski definition) is 12. The van der Waals surface area contributed by atoms with Gasteiger partial charge in [0.2, 0.25) is 0 Å². The van der Waals surface area contributed by atoms with Crippen LogP contribution in [0.25, 0.3) is 0 Å². The van der Waals surface area contributed by atoms with E-state index in [-0.39, 0.29) is 39.4 Å². The number of carboxylic acid groups (broad SMARTS) is 1. The Morgan fingerprint density at radius 2 is 1.22 bits per heavy atom. The highest BCUT2D eigenvalue weighted by molar-refractivity contribution is 5.65. The molecule has 2 unspecified atom stereocenters. The zero-order chi connectivity index (χ0) is 32.1. The molecular formula is C31H42N2O12. The molecule has 45 heavy (non-hydrogen) atoms. The summed E-state index contributed by atoms with van der Waals surface area (Å²) < 4.78 is 22.8. The topological polar surface area (TPSA) is 202 Å². The van der Waals surface area contributed by atoms with Crippen LogP contribution in [0.15, 0.2) is 60.7 Å². The molecule has 0 saturated carbocycles. The van der Waals surface area contributed by atoms with E-state index in [4.69, 9.17) is 18.9 Å². The summed E-state index contributed by atoms with van der Waals surface area (Å²) in [5.74, 6) is 0. The molecule has 2 aromatic rings. The normalized spacial score (nSPS) is 31.8. The first-order valence-corrected chi connectivity index (χ1v) is 15.1. The number of rotatable bonds is 11. The average Bonchev–Trinajstić information content (AvgIpc) is 3.56.